The number of phenols is 1. The molecule has 1 atom stereocenters. The molecule has 0 radical (unpaired) electrons. The van der Waals surface area contributed by atoms with Crippen molar-refractivity contribution in [2.24, 2.45) is 0 Å². The van der Waals surface area contributed by atoms with E-state index in [9.17, 15) is 9.90 Å². The third kappa shape index (κ3) is 2.79. The van der Waals surface area contributed by atoms with Crippen molar-refractivity contribution in [3.63, 3.8) is 0 Å². The number of hydrogen-bond donors (Lipinski definition) is 1. The Morgan fingerprint density at radius 2 is 1.78 bits per heavy atom. The maximum Gasteiger partial charge on any atom is 0.349 e. The molecule has 0 amide bonds. The summed E-state index contributed by atoms with van der Waals surface area (Å²) in [7, 11) is 1.38. The normalized spacial score (nSPS) is 20.4. The number of aromatic hydroxyl groups is 1. The van der Waals surface area contributed by atoms with Gasteiger partial charge in [0.05, 0.1) is 7.11 Å². The number of benzene rings is 1. The van der Waals surface area contributed by atoms with E-state index >= 15 is 0 Å². The van der Waals surface area contributed by atoms with Gasteiger partial charge in [-0.15, -0.1) is 0 Å². The number of hydrogen-bond acceptors (Lipinski definition) is 4. The molecular weight excluding hydrogens is 292 g/mol. The fourth-order valence-corrected chi connectivity index (χ4v) is 3.65. The van der Waals surface area contributed by atoms with Crippen LogP contribution in [0.5, 0.6) is 11.5 Å². The van der Waals surface area contributed by atoms with Gasteiger partial charge in [-0.1, -0.05) is 27.7 Å². The Bertz CT molecular complexity index is 631. The lowest BCUT2D eigenvalue weighted by atomic mass is 9.81. The van der Waals surface area contributed by atoms with E-state index < -0.39 is 5.60 Å². The fraction of sp³-hybridized carbons (Fsp3) is 0.632. The topological polar surface area (TPSA) is 55.8 Å². The van der Waals surface area contributed by atoms with Crippen molar-refractivity contribution in [1.82, 2.24) is 0 Å². The van der Waals surface area contributed by atoms with Crippen LogP contribution in [0.25, 0.3) is 0 Å². The number of ether oxygens (including phenoxy) is 2. The van der Waals surface area contributed by atoms with Gasteiger partial charge in [-0.05, 0) is 37.7 Å². The van der Waals surface area contributed by atoms with Gasteiger partial charge in [0, 0.05) is 23.1 Å². The first kappa shape index (κ1) is 17.6. The number of methoxy groups -OCH3 is 1. The fourth-order valence-electron chi connectivity index (χ4n) is 3.65. The van der Waals surface area contributed by atoms with Crippen molar-refractivity contribution in [3.8, 4) is 11.5 Å². The number of carbonyl (C=O) groups is 1. The van der Waals surface area contributed by atoms with Crippen LogP contribution in [-0.2, 0) is 16.0 Å². The van der Waals surface area contributed by atoms with Gasteiger partial charge in [0.2, 0.25) is 5.60 Å². The third-order valence-corrected chi connectivity index (χ3v) is 4.81. The lowest BCUT2D eigenvalue weighted by Crippen LogP contribution is -2.45. The van der Waals surface area contributed by atoms with Gasteiger partial charge < -0.3 is 14.6 Å². The molecule has 23 heavy (non-hydrogen) atoms. The maximum atomic E-state index is 12.1. The molecule has 1 aliphatic rings. The predicted molar refractivity (Wildman–Crippen MR) is 90.4 cm³/mol. The Morgan fingerprint density at radius 1 is 1.22 bits per heavy atom. The van der Waals surface area contributed by atoms with Gasteiger partial charge >= 0.3 is 5.97 Å². The Kier molecular flexibility index (Phi) is 4.65. The Labute approximate surface area is 138 Å². The zero-order valence-electron chi connectivity index (χ0n) is 15.2. The summed E-state index contributed by atoms with van der Waals surface area (Å²) >= 11 is 0. The second-order valence-corrected chi connectivity index (χ2v) is 7.24. The minimum atomic E-state index is -0.966. The first-order chi connectivity index (χ1) is 10.6. The number of rotatable bonds is 3. The van der Waals surface area contributed by atoms with Crippen LogP contribution in [0, 0.1) is 6.92 Å². The van der Waals surface area contributed by atoms with Crippen LogP contribution in [0.4, 0.5) is 0 Å². The van der Waals surface area contributed by atoms with Gasteiger partial charge in [-0.3, -0.25) is 0 Å². The first-order valence-electron chi connectivity index (χ1n) is 8.29. The lowest BCUT2D eigenvalue weighted by Gasteiger charge is -2.37. The van der Waals surface area contributed by atoms with Crippen LogP contribution in [0.2, 0.25) is 0 Å². The van der Waals surface area contributed by atoms with Crippen molar-refractivity contribution >= 4 is 5.97 Å². The van der Waals surface area contributed by atoms with Crippen molar-refractivity contribution in [2.45, 2.75) is 71.8 Å². The highest BCUT2D eigenvalue weighted by Gasteiger charge is 2.42. The SMILES string of the molecule is COC(=O)C1(C)CCc2c(c(C)c(C(C)C)c(O)c2C(C)C)O1. The molecule has 1 heterocycles. The Morgan fingerprint density at radius 3 is 2.26 bits per heavy atom. The molecule has 0 aliphatic carbocycles. The van der Waals surface area contributed by atoms with Gasteiger partial charge in [0.1, 0.15) is 11.5 Å². The molecule has 0 saturated carbocycles. The van der Waals surface area contributed by atoms with E-state index in [1.807, 2.05) is 6.92 Å². The number of carbonyl (C=O) groups excluding carboxylic acids is 1. The van der Waals surface area contributed by atoms with Crippen LogP contribution in [0.1, 0.15) is 75.1 Å². The van der Waals surface area contributed by atoms with E-state index in [1.165, 1.54) is 7.11 Å². The summed E-state index contributed by atoms with van der Waals surface area (Å²) in [6, 6.07) is 0. The molecule has 2 rings (SSSR count). The molecule has 4 heteroatoms. The average molecular weight is 320 g/mol. The van der Waals surface area contributed by atoms with Crippen LogP contribution >= 0.6 is 0 Å². The molecule has 1 aromatic rings. The second kappa shape index (κ2) is 6.06. The third-order valence-electron chi connectivity index (χ3n) is 4.81. The predicted octanol–water partition coefficient (Wildman–Crippen LogP) is 4.20. The van der Waals surface area contributed by atoms with Crippen molar-refractivity contribution < 1.29 is 19.4 Å². The maximum absolute atomic E-state index is 12.1. The average Bonchev–Trinajstić information content (AvgIpc) is 2.46. The molecule has 1 N–H and O–H groups in total. The Hall–Kier alpha value is -1.71. The van der Waals surface area contributed by atoms with Gasteiger partial charge in [-0.25, -0.2) is 4.79 Å². The summed E-state index contributed by atoms with van der Waals surface area (Å²) in [4.78, 5) is 12.1. The highest BCUT2D eigenvalue weighted by Crippen LogP contribution is 2.48. The van der Waals surface area contributed by atoms with Gasteiger partial charge in [0.25, 0.3) is 0 Å². The monoisotopic (exact) mass is 320 g/mol. The van der Waals surface area contributed by atoms with Crippen molar-refractivity contribution in [2.75, 3.05) is 7.11 Å². The van der Waals surface area contributed by atoms with Crippen LogP contribution < -0.4 is 4.74 Å². The molecule has 0 saturated heterocycles. The summed E-state index contributed by atoms with van der Waals surface area (Å²) in [6.07, 6.45) is 1.24. The molecule has 1 aromatic carbocycles. The second-order valence-electron chi connectivity index (χ2n) is 7.24. The van der Waals surface area contributed by atoms with E-state index in [1.54, 1.807) is 6.92 Å². The molecule has 0 spiro atoms. The molecule has 1 aliphatic heterocycles. The summed E-state index contributed by atoms with van der Waals surface area (Å²) in [5, 5.41) is 10.8. The zero-order valence-corrected chi connectivity index (χ0v) is 15.2. The summed E-state index contributed by atoms with van der Waals surface area (Å²) in [5.74, 6) is 1.14. The smallest absolute Gasteiger partial charge is 0.349 e. The Balaban J connectivity index is 2.70. The minimum absolute atomic E-state index is 0.174. The molecule has 4 nitrogen and oxygen atoms in total. The van der Waals surface area contributed by atoms with E-state index in [0.717, 1.165) is 28.0 Å². The summed E-state index contributed by atoms with van der Waals surface area (Å²) in [5.41, 5.74) is 2.83. The van der Waals surface area contributed by atoms with E-state index in [4.69, 9.17) is 9.47 Å². The van der Waals surface area contributed by atoms with E-state index in [-0.39, 0.29) is 17.8 Å². The summed E-state index contributed by atoms with van der Waals surface area (Å²) < 4.78 is 11.1. The van der Waals surface area contributed by atoms with Crippen LogP contribution in [0.15, 0.2) is 0 Å². The molecular formula is C19H28O4. The van der Waals surface area contributed by atoms with Crippen LogP contribution in [0.3, 0.4) is 0 Å². The summed E-state index contributed by atoms with van der Waals surface area (Å²) in [6.45, 7) is 12.0. The van der Waals surface area contributed by atoms with E-state index in [0.29, 0.717) is 18.6 Å². The molecule has 1 unspecified atom stereocenters. The zero-order chi connectivity index (χ0) is 17.5. The first-order valence-corrected chi connectivity index (χ1v) is 8.29. The van der Waals surface area contributed by atoms with E-state index in [2.05, 4.69) is 27.7 Å². The molecule has 0 fully saturated rings. The molecule has 0 bridgehead atoms. The molecule has 128 valence electrons. The number of phenolic OH excluding ortho intramolecular Hbond substituents is 1. The standard InChI is InChI=1S/C19H28O4/c1-10(2)14-12(5)17-13(15(11(3)4)16(14)20)8-9-19(6,23-17)18(21)22-7/h10-11,20H,8-9H2,1-7H3. The lowest BCUT2D eigenvalue weighted by molar-refractivity contribution is -0.159. The number of fused-ring (bicyclic) bond motifs is 1. The highest BCUT2D eigenvalue weighted by molar-refractivity contribution is 5.80. The highest BCUT2D eigenvalue weighted by atomic mass is 16.6. The molecule has 0 aromatic heterocycles. The van der Waals surface area contributed by atoms with Crippen LogP contribution in [-0.4, -0.2) is 23.8 Å². The minimum Gasteiger partial charge on any atom is -0.507 e. The quantitative estimate of drug-likeness (QED) is 0.848. The number of esters is 1. The van der Waals surface area contributed by atoms with Crippen molar-refractivity contribution in [3.05, 3.63) is 22.3 Å². The van der Waals surface area contributed by atoms with Crippen molar-refractivity contribution in [1.29, 1.82) is 0 Å². The van der Waals surface area contributed by atoms with Gasteiger partial charge in [0.15, 0.2) is 0 Å². The largest absolute Gasteiger partial charge is 0.507 e. The van der Waals surface area contributed by atoms with Gasteiger partial charge in [-0.2, -0.15) is 0 Å².